The van der Waals surface area contributed by atoms with Crippen LogP contribution in [0.4, 0.5) is 10.1 Å². The number of nitrogens with one attached hydrogen (secondary N) is 1. The molecule has 0 aliphatic heterocycles. The number of aromatic nitrogens is 1. The molecule has 20 heavy (non-hydrogen) atoms. The summed E-state index contributed by atoms with van der Waals surface area (Å²) in [5.41, 5.74) is 0.503. The Morgan fingerprint density at radius 2 is 2.10 bits per heavy atom. The molecule has 2 rings (SSSR count). The summed E-state index contributed by atoms with van der Waals surface area (Å²) >= 11 is 0. The Morgan fingerprint density at radius 3 is 2.75 bits per heavy atom. The maximum absolute atomic E-state index is 13.5. The highest BCUT2D eigenvalue weighted by molar-refractivity contribution is 7.92. The van der Waals surface area contributed by atoms with Gasteiger partial charge in [0.1, 0.15) is 22.3 Å². The third kappa shape index (κ3) is 2.75. The topological polar surface area (TPSA) is 82.8 Å². The van der Waals surface area contributed by atoms with Crippen molar-refractivity contribution in [3.05, 3.63) is 53.6 Å². The van der Waals surface area contributed by atoms with Gasteiger partial charge in [-0.15, -0.1) is 0 Å². The highest BCUT2D eigenvalue weighted by Gasteiger charge is 2.21. The van der Waals surface area contributed by atoms with Gasteiger partial charge >= 0.3 is 0 Å². The van der Waals surface area contributed by atoms with Gasteiger partial charge in [0.2, 0.25) is 0 Å². The molecule has 1 N–H and O–H groups in total. The lowest BCUT2D eigenvalue weighted by molar-refractivity contribution is 0.593. The maximum atomic E-state index is 13.5. The number of halogens is 1. The number of benzene rings is 1. The highest BCUT2D eigenvalue weighted by Crippen LogP contribution is 2.21. The van der Waals surface area contributed by atoms with E-state index >= 15 is 0 Å². The minimum atomic E-state index is -4.05. The maximum Gasteiger partial charge on any atom is 0.263 e. The number of nitriles is 1. The van der Waals surface area contributed by atoms with E-state index in [9.17, 15) is 12.8 Å². The molecule has 7 heteroatoms. The predicted octanol–water partition coefficient (Wildman–Crippen LogP) is 2.20. The van der Waals surface area contributed by atoms with Crippen LogP contribution in [-0.4, -0.2) is 13.4 Å². The largest absolute Gasteiger partial charge is 0.278 e. The van der Waals surface area contributed by atoms with E-state index in [0.29, 0.717) is 0 Å². The number of hydrogen-bond acceptors (Lipinski definition) is 4. The molecule has 0 saturated carbocycles. The van der Waals surface area contributed by atoms with Gasteiger partial charge in [-0.25, -0.2) is 12.8 Å². The van der Waals surface area contributed by atoms with Crippen LogP contribution >= 0.6 is 0 Å². The van der Waals surface area contributed by atoms with Gasteiger partial charge in [0.05, 0.1) is 11.9 Å². The summed E-state index contributed by atoms with van der Waals surface area (Å²) in [5, 5.41) is 8.88. The Morgan fingerprint density at radius 1 is 1.35 bits per heavy atom. The molecule has 0 saturated heterocycles. The second-order valence-electron chi connectivity index (χ2n) is 4.08. The number of sulfonamides is 1. The second-order valence-corrected chi connectivity index (χ2v) is 5.73. The number of anilines is 1. The zero-order valence-electron chi connectivity index (χ0n) is 10.5. The van der Waals surface area contributed by atoms with Crippen LogP contribution in [0.25, 0.3) is 0 Å². The van der Waals surface area contributed by atoms with Crippen LogP contribution in [0.5, 0.6) is 0 Å². The molecule has 0 fully saturated rings. The minimum Gasteiger partial charge on any atom is -0.278 e. The standard InChI is InChI=1S/C13H10FN3O2S/c1-9-5-10(8-16-7-9)17-20(18,19)13-4-2-3-12(14)11(13)6-15/h2-5,7-8,17H,1H3. The predicted molar refractivity (Wildman–Crippen MR) is 70.9 cm³/mol. The van der Waals surface area contributed by atoms with Crippen molar-refractivity contribution >= 4 is 15.7 Å². The fourth-order valence-corrected chi connectivity index (χ4v) is 2.86. The van der Waals surface area contributed by atoms with Gasteiger partial charge in [-0.1, -0.05) is 6.07 Å². The van der Waals surface area contributed by atoms with Crippen LogP contribution in [0.15, 0.2) is 41.6 Å². The fourth-order valence-electron chi connectivity index (χ4n) is 1.66. The molecule has 0 unspecified atom stereocenters. The van der Waals surface area contributed by atoms with Crippen molar-refractivity contribution in [1.29, 1.82) is 5.26 Å². The minimum absolute atomic E-state index is 0.248. The van der Waals surface area contributed by atoms with E-state index in [1.54, 1.807) is 25.3 Å². The van der Waals surface area contributed by atoms with Gasteiger partial charge in [0.25, 0.3) is 10.0 Å². The monoisotopic (exact) mass is 291 g/mol. The zero-order valence-corrected chi connectivity index (χ0v) is 11.3. The van der Waals surface area contributed by atoms with Crippen molar-refractivity contribution in [2.75, 3.05) is 4.72 Å². The Hall–Kier alpha value is -2.46. The van der Waals surface area contributed by atoms with Crippen LogP contribution in [0, 0.1) is 24.1 Å². The van der Waals surface area contributed by atoms with E-state index in [4.69, 9.17) is 5.26 Å². The van der Waals surface area contributed by atoms with E-state index in [1.807, 2.05) is 0 Å². The van der Waals surface area contributed by atoms with Crippen LogP contribution in [0.3, 0.4) is 0 Å². The molecular weight excluding hydrogens is 281 g/mol. The van der Waals surface area contributed by atoms with E-state index in [2.05, 4.69) is 9.71 Å². The van der Waals surface area contributed by atoms with Crippen molar-refractivity contribution in [2.45, 2.75) is 11.8 Å². The average Bonchev–Trinajstić information content (AvgIpc) is 2.38. The molecule has 1 heterocycles. The summed E-state index contributed by atoms with van der Waals surface area (Å²) in [7, 11) is -4.05. The first-order valence-corrected chi connectivity index (χ1v) is 7.05. The van der Waals surface area contributed by atoms with Gasteiger partial charge in [0.15, 0.2) is 0 Å². The van der Waals surface area contributed by atoms with Crippen molar-refractivity contribution < 1.29 is 12.8 Å². The summed E-state index contributed by atoms with van der Waals surface area (Å²) < 4.78 is 40.1. The van der Waals surface area contributed by atoms with Crippen LogP contribution in [-0.2, 0) is 10.0 Å². The summed E-state index contributed by atoms with van der Waals surface area (Å²) in [6.45, 7) is 1.76. The molecule has 0 amide bonds. The number of nitrogens with zero attached hydrogens (tertiary/aromatic N) is 2. The molecule has 0 aliphatic carbocycles. The normalized spacial score (nSPS) is 10.8. The molecule has 5 nitrogen and oxygen atoms in total. The first kappa shape index (κ1) is 14.0. The van der Waals surface area contributed by atoms with Gasteiger partial charge in [-0.3, -0.25) is 9.71 Å². The van der Waals surface area contributed by atoms with Gasteiger partial charge in [-0.05, 0) is 30.7 Å². The van der Waals surface area contributed by atoms with E-state index in [-0.39, 0.29) is 5.69 Å². The quantitative estimate of drug-likeness (QED) is 0.939. The molecule has 0 bridgehead atoms. The SMILES string of the molecule is Cc1cncc(NS(=O)(=O)c2cccc(F)c2C#N)c1. The molecule has 1 aromatic heterocycles. The lowest BCUT2D eigenvalue weighted by atomic mass is 10.2. The summed E-state index contributed by atoms with van der Waals surface area (Å²) in [5.74, 6) is -0.877. The summed E-state index contributed by atoms with van der Waals surface area (Å²) in [4.78, 5) is 3.45. The number of hydrogen-bond donors (Lipinski definition) is 1. The number of aryl methyl sites for hydroxylation is 1. The lowest BCUT2D eigenvalue weighted by Crippen LogP contribution is -2.15. The third-order valence-corrected chi connectivity index (χ3v) is 3.93. The molecule has 2 aromatic rings. The first-order valence-electron chi connectivity index (χ1n) is 5.57. The highest BCUT2D eigenvalue weighted by atomic mass is 32.2. The van der Waals surface area contributed by atoms with Gasteiger partial charge in [0, 0.05) is 6.20 Å². The van der Waals surface area contributed by atoms with Crippen molar-refractivity contribution in [2.24, 2.45) is 0 Å². The van der Waals surface area contributed by atoms with Crippen LogP contribution < -0.4 is 4.72 Å². The Bertz CT molecular complexity index is 798. The number of rotatable bonds is 3. The summed E-state index contributed by atoms with van der Waals surface area (Å²) in [6.07, 6.45) is 2.90. The third-order valence-electron chi connectivity index (χ3n) is 2.50. The Kier molecular flexibility index (Phi) is 3.68. The van der Waals surface area contributed by atoms with Crippen LogP contribution in [0.1, 0.15) is 11.1 Å². The lowest BCUT2D eigenvalue weighted by Gasteiger charge is -2.09. The molecule has 102 valence electrons. The molecular formula is C13H10FN3O2S. The first-order chi connectivity index (χ1) is 9.44. The van der Waals surface area contributed by atoms with E-state index in [0.717, 1.165) is 11.6 Å². The fraction of sp³-hybridized carbons (Fsp3) is 0.0769. The molecule has 0 radical (unpaired) electrons. The zero-order chi connectivity index (χ0) is 14.8. The van der Waals surface area contributed by atoms with Crippen molar-refractivity contribution in [3.63, 3.8) is 0 Å². The van der Waals surface area contributed by atoms with E-state index in [1.165, 1.54) is 18.3 Å². The molecule has 1 aromatic carbocycles. The molecule has 0 aliphatic rings. The Labute approximate surface area is 115 Å². The van der Waals surface area contributed by atoms with Crippen molar-refractivity contribution in [3.8, 4) is 6.07 Å². The molecule has 0 spiro atoms. The summed E-state index contributed by atoms with van der Waals surface area (Å²) in [6, 6.07) is 6.58. The Balaban J connectivity index is 2.47. The second kappa shape index (κ2) is 5.27. The van der Waals surface area contributed by atoms with Gasteiger partial charge in [-0.2, -0.15) is 5.26 Å². The smallest absolute Gasteiger partial charge is 0.263 e. The van der Waals surface area contributed by atoms with Gasteiger partial charge < -0.3 is 0 Å². The number of pyridine rings is 1. The average molecular weight is 291 g/mol. The van der Waals surface area contributed by atoms with Crippen molar-refractivity contribution in [1.82, 2.24) is 4.98 Å². The molecule has 0 atom stereocenters. The van der Waals surface area contributed by atoms with E-state index < -0.39 is 26.3 Å². The van der Waals surface area contributed by atoms with Crippen LogP contribution in [0.2, 0.25) is 0 Å².